The number of ether oxygens (including phenoxy) is 3. The number of nitrogens with zero attached hydrogens (tertiary/aromatic N) is 1. The van der Waals surface area contributed by atoms with Gasteiger partial charge >= 0.3 is 0 Å². The first-order valence-corrected chi connectivity index (χ1v) is 18.2. The van der Waals surface area contributed by atoms with Gasteiger partial charge in [0.2, 0.25) is 0 Å². The number of halogens is 1. The van der Waals surface area contributed by atoms with Crippen molar-refractivity contribution in [1.82, 2.24) is 4.72 Å². The lowest BCUT2D eigenvalue weighted by Gasteiger charge is -2.46. The summed E-state index contributed by atoms with van der Waals surface area (Å²) in [7, 11) is -1.09. The van der Waals surface area contributed by atoms with Crippen LogP contribution in [0.4, 0.5) is 5.69 Å². The minimum Gasteiger partial charge on any atom is -0.490 e. The van der Waals surface area contributed by atoms with Crippen molar-refractivity contribution >= 4 is 38.8 Å². The number of amides is 1. The molecule has 9 heteroatoms. The van der Waals surface area contributed by atoms with Crippen LogP contribution in [0.25, 0.3) is 0 Å². The van der Waals surface area contributed by atoms with E-state index in [9.17, 15) is 9.00 Å². The van der Waals surface area contributed by atoms with Gasteiger partial charge in [-0.25, -0.2) is 4.21 Å². The fraction of sp³-hybridized carbons (Fsp3) is 0.543. The van der Waals surface area contributed by atoms with Crippen molar-refractivity contribution in [2.24, 2.45) is 17.8 Å². The van der Waals surface area contributed by atoms with E-state index in [-0.39, 0.29) is 28.6 Å². The molecule has 1 spiro atoms. The molecule has 2 saturated carbocycles. The third-order valence-electron chi connectivity index (χ3n) is 10.6. The molecule has 2 bridgehead atoms. The SMILES string of the molecule is C=S1(=O)NC(=O)c2ccc3c(c2)N(C[C@@H]2CC[C@H]2[C@@H](OCCOC)/C=C/C[C@H]2C[C@@H]21)C[C@@]1(CCCc2cc(Cl)ccc21)CO3. The van der Waals surface area contributed by atoms with Gasteiger partial charge < -0.3 is 19.1 Å². The molecular weight excluding hydrogens is 596 g/mol. The van der Waals surface area contributed by atoms with E-state index < -0.39 is 9.71 Å². The van der Waals surface area contributed by atoms with E-state index in [0.717, 1.165) is 74.5 Å². The molecule has 1 amide bonds. The second-order valence-electron chi connectivity index (χ2n) is 13.5. The smallest absolute Gasteiger partial charge is 0.262 e. The molecule has 0 radical (unpaired) electrons. The first kappa shape index (κ1) is 30.2. The average Bonchev–Trinajstić information content (AvgIpc) is 3.79. The molecule has 2 aliphatic heterocycles. The highest BCUT2D eigenvalue weighted by atomic mass is 35.5. The molecule has 1 N–H and O–H groups in total. The van der Waals surface area contributed by atoms with Gasteiger partial charge in [-0.1, -0.05) is 29.8 Å². The molecule has 3 aliphatic carbocycles. The molecule has 0 saturated heterocycles. The third-order valence-corrected chi connectivity index (χ3v) is 12.9. The largest absolute Gasteiger partial charge is 0.490 e. The molecule has 2 heterocycles. The lowest BCUT2D eigenvalue weighted by Crippen LogP contribution is -2.49. The van der Waals surface area contributed by atoms with Crippen molar-refractivity contribution in [1.29, 1.82) is 0 Å². The number of rotatable bonds is 4. The van der Waals surface area contributed by atoms with Gasteiger partial charge in [-0.15, -0.1) is 0 Å². The van der Waals surface area contributed by atoms with Gasteiger partial charge in [-0.3, -0.25) is 9.52 Å². The van der Waals surface area contributed by atoms with Crippen molar-refractivity contribution in [2.75, 3.05) is 44.9 Å². The fourth-order valence-electron chi connectivity index (χ4n) is 7.99. The van der Waals surface area contributed by atoms with E-state index in [1.165, 1.54) is 11.1 Å². The normalized spacial score (nSPS) is 35.2. The number of hydrogen-bond acceptors (Lipinski definition) is 6. The Kier molecular flexibility index (Phi) is 8.23. The second-order valence-corrected chi connectivity index (χ2v) is 16.2. The Labute approximate surface area is 266 Å². The molecule has 44 heavy (non-hydrogen) atoms. The predicted molar refractivity (Wildman–Crippen MR) is 176 cm³/mol. The molecule has 7 rings (SSSR count). The summed E-state index contributed by atoms with van der Waals surface area (Å²) in [6, 6.07) is 11.9. The maximum atomic E-state index is 13.6. The minimum absolute atomic E-state index is 0.00152. The van der Waals surface area contributed by atoms with Crippen LogP contribution in [0.3, 0.4) is 0 Å². The molecule has 5 aliphatic rings. The fourth-order valence-corrected chi connectivity index (χ4v) is 10.1. The van der Waals surface area contributed by atoms with E-state index >= 15 is 0 Å². The van der Waals surface area contributed by atoms with Gasteiger partial charge in [0.05, 0.1) is 41.3 Å². The van der Waals surface area contributed by atoms with E-state index in [1.54, 1.807) is 13.2 Å². The maximum absolute atomic E-state index is 13.6. The summed E-state index contributed by atoms with van der Waals surface area (Å²) in [6.45, 7) is 3.29. The Morgan fingerprint density at radius 3 is 2.89 bits per heavy atom. The average molecular weight is 639 g/mol. The van der Waals surface area contributed by atoms with Crippen LogP contribution in [0.5, 0.6) is 5.75 Å². The van der Waals surface area contributed by atoms with Gasteiger partial charge in [0, 0.05) is 41.5 Å². The highest BCUT2D eigenvalue weighted by Gasteiger charge is 2.46. The second kappa shape index (κ2) is 12.0. The third kappa shape index (κ3) is 5.79. The molecule has 2 aromatic rings. The number of nitrogens with one attached hydrogen (secondary N) is 1. The molecule has 7 atom stereocenters. The summed E-state index contributed by atoms with van der Waals surface area (Å²) >= 11 is 6.44. The summed E-state index contributed by atoms with van der Waals surface area (Å²) in [5.41, 5.74) is 3.82. The van der Waals surface area contributed by atoms with Gasteiger partial charge in [0.25, 0.3) is 5.91 Å². The van der Waals surface area contributed by atoms with Crippen molar-refractivity contribution in [2.45, 2.75) is 61.7 Å². The van der Waals surface area contributed by atoms with Crippen LogP contribution in [0.2, 0.25) is 5.02 Å². The zero-order valence-corrected chi connectivity index (χ0v) is 27.0. The van der Waals surface area contributed by atoms with Crippen LogP contribution < -0.4 is 14.4 Å². The van der Waals surface area contributed by atoms with E-state index in [0.29, 0.717) is 37.2 Å². The number of carbonyl (C=O) groups excluding carboxylic acids is 1. The first-order chi connectivity index (χ1) is 21.3. The summed E-state index contributed by atoms with van der Waals surface area (Å²) in [5.74, 6) is 5.50. The monoisotopic (exact) mass is 638 g/mol. The number of hydrogen-bond donors (Lipinski definition) is 1. The van der Waals surface area contributed by atoms with Crippen LogP contribution in [0.1, 0.15) is 60.0 Å². The maximum Gasteiger partial charge on any atom is 0.262 e. The number of benzene rings is 2. The zero-order valence-electron chi connectivity index (χ0n) is 25.5. The molecule has 2 aromatic carbocycles. The van der Waals surface area contributed by atoms with Gasteiger partial charge in [0.1, 0.15) is 5.75 Å². The molecule has 2 fully saturated rings. The van der Waals surface area contributed by atoms with Crippen LogP contribution in [-0.4, -0.2) is 67.4 Å². The molecule has 236 valence electrons. The zero-order chi connectivity index (χ0) is 30.5. The summed E-state index contributed by atoms with van der Waals surface area (Å²) in [5, 5.41) is 0.650. The summed E-state index contributed by atoms with van der Waals surface area (Å²) in [6.07, 6.45) is 11.4. The molecule has 0 aromatic heterocycles. The lowest BCUT2D eigenvalue weighted by molar-refractivity contribution is -0.0309. The Balaban J connectivity index is 1.28. The highest BCUT2D eigenvalue weighted by molar-refractivity contribution is 7.99. The topological polar surface area (TPSA) is 77.1 Å². The molecule has 1 unspecified atom stereocenters. The Morgan fingerprint density at radius 1 is 1.18 bits per heavy atom. The van der Waals surface area contributed by atoms with Crippen molar-refractivity contribution < 1.29 is 23.2 Å². The Morgan fingerprint density at radius 2 is 2.07 bits per heavy atom. The molecule has 7 nitrogen and oxygen atoms in total. The number of fused-ring (bicyclic) bond motifs is 5. The standard InChI is InChI=1S/C35H43ClN2O5S/c1-41-15-16-42-31-7-3-5-24-19-33(24)44(2,40)37-34(39)25-9-13-32-30(18-25)38(20-26-8-11-28(26)31)21-35(22-43-32)14-4-6-23-17-27(36)10-12-29(23)35/h3,7,9-10,12-13,17-18,24,26,28,31,33H,2,4-6,8,11,14-16,19-22H2,1H3,(H,37,39,40)/b7-3+/t24-,26-,28+,31-,33-,35-,44?/m0/s1. The Bertz CT molecular complexity index is 1560. The van der Waals surface area contributed by atoms with Gasteiger partial charge in [-0.05, 0) is 110 Å². The van der Waals surface area contributed by atoms with Crippen LogP contribution in [-0.2, 0) is 31.0 Å². The van der Waals surface area contributed by atoms with Crippen LogP contribution in [0, 0.1) is 17.8 Å². The highest BCUT2D eigenvalue weighted by Crippen LogP contribution is 2.47. The van der Waals surface area contributed by atoms with E-state index in [2.05, 4.69) is 39.8 Å². The van der Waals surface area contributed by atoms with Gasteiger partial charge in [-0.2, -0.15) is 0 Å². The van der Waals surface area contributed by atoms with Crippen molar-refractivity contribution in [3.05, 3.63) is 70.3 Å². The van der Waals surface area contributed by atoms with E-state index in [1.807, 2.05) is 18.2 Å². The first-order valence-electron chi connectivity index (χ1n) is 16.0. The number of methoxy groups -OCH3 is 1. The number of carbonyl (C=O) groups is 1. The summed E-state index contributed by atoms with van der Waals surface area (Å²) in [4.78, 5) is 16.0. The quantitative estimate of drug-likeness (QED) is 0.268. The number of aryl methyl sites for hydroxylation is 1. The summed E-state index contributed by atoms with van der Waals surface area (Å²) < 4.78 is 34.8. The number of anilines is 1. The lowest BCUT2D eigenvalue weighted by atomic mass is 9.68. The van der Waals surface area contributed by atoms with Crippen molar-refractivity contribution in [3.63, 3.8) is 0 Å². The minimum atomic E-state index is -2.79. The van der Waals surface area contributed by atoms with Crippen LogP contribution in [0.15, 0.2) is 48.6 Å². The van der Waals surface area contributed by atoms with E-state index in [4.69, 9.17) is 25.8 Å². The molecular formula is C35H43ClN2O5S. The number of allylic oxidation sites excluding steroid dienone is 1. The Hall–Kier alpha value is -2.52. The van der Waals surface area contributed by atoms with Crippen molar-refractivity contribution in [3.8, 4) is 5.75 Å². The van der Waals surface area contributed by atoms with Crippen LogP contribution >= 0.6 is 11.6 Å². The van der Waals surface area contributed by atoms with Gasteiger partial charge in [0.15, 0.2) is 0 Å². The predicted octanol–water partition coefficient (Wildman–Crippen LogP) is 5.58.